The zero-order valence-corrected chi connectivity index (χ0v) is 14.4. The molecule has 0 N–H and O–H groups in total. The highest BCUT2D eigenvalue weighted by Crippen LogP contribution is 2.35. The number of likely N-dealkylation sites (tertiary alicyclic amines) is 1. The summed E-state index contributed by atoms with van der Waals surface area (Å²) in [7, 11) is 0. The molecule has 1 aliphatic heterocycles. The molecule has 2 aromatic heterocycles. The Balaban J connectivity index is 1.63. The van der Waals surface area contributed by atoms with Gasteiger partial charge in [-0.15, -0.1) is 0 Å². The van der Waals surface area contributed by atoms with Gasteiger partial charge in [-0.25, -0.2) is 0 Å². The summed E-state index contributed by atoms with van der Waals surface area (Å²) in [6, 6.07) is -0.239. The SMILES string of the molecule is CC(C)c1noc(C2CCCN2C(=O)c2coc3c2C(=O)CCC3)n1. The van der Waals surface area contributed by atoms with Crippen LogP contribution in [0.25, 0.3) is 0 Å². The fourth-order valence-electron chi connectivity index (χ4n) is 3.62. The highest BCUT2D eigenvalue weighted by molar-refractivity contribution is 6.09. The van der Waals surface area contributed by atoms with E-state index in [0.29, 0.717) is 48.0 Å². The first-order chi connectivity index (χ1) is 12.1. The minimum absolute atomic E-state index is 0.00557. The summed E-state index contributed by atoms with van der Waals surface area (Å²) < 4.78 is 10.9. The molecule has 0 spiro atoms. The predicted molar refractivity (Wildman–Crippen MR) is 87.4 cm³/mol. The van der Waals surface area contributed by atoms with Gasteiger partial charge in [-0.05, 0) is 19.3 Å². The highest BCUT2D eigenvalue weighted by Gasteiger charge is 2.38. The van der Waals surface area contributed by atoms with Crippen molar-refractivity contribution in [1.29, 1.82) is 0 Å². The maximum absolute atomic E-state index is 13.1. The van der Waals surface area contributed by atoms with Gasteiger partial charge in [0.1, 0.15) is 18.1 Å². The van der Waals surface area contributed by atoms with Crippen LogP contribution in [-0.2, 0) is 6.42 Å². The summed E-state index contributed by atoms with van der Waals surface area (Å²) in [5, 5.41) is 4.00. The molecule has 3 heterocycles. The Morgan fingerprint density at radius 1 is 1.32 bits per heavy atom. The molecule has 2 aliphatic rings. The average Bonchev–Trinajstić information content (AvgIpc) is 3.32. The van der Waals surface area contributed by atoms with Crippen LogP contribution in [0.15, 0.2) is 15.2 Å². The van der Waals surface area contributed by atoms with Crippen molar-refractivity contribution in [3.8, 4) is 0 Å². The van der Waals surface area contributed by atoms with Crippen LogP contribution in [-0.4, -0.2) is 33.3 Å². The Morgan fingerprint density at radius 2 is 2.16 bits per heavy atom. The van der Waals surface area contributed by atoms with Gasteiger partial charge in [-0.3, -0.25) is 9.59 Å². The molecular formula is C18H21N3O4. The van der Waals surface area contributed by atoms with E-state index in [-0.39, 0.29) is 23.7 Å². The fraction of sp³-hybridized carbons (Fsp3) is 0.556. The van der Waals surface area contributed by atoms with E-state index in [1.807, 2.05) is 13.8 Å². The van der Waals surface area contributed by atoms with Crippen molar-refractivity contribution in [3.05, 3.63) is 34.9 Å². The summed E-state index contributed by atoms with van der Waals surface area (Å²) in [5.41, 5.74) is 0.838. The van der Waals surface area contributed by atoms with Gasteiger partial charge in [-0.1, -0.05) is 19.0 Å². The fourth-order valence-corrected chi connectivity index (χ4v) is 3.62. The minimum atomic E-state index is -0.239. The average molecular weight is 343 g/mol. The number of Topliss-reactive ketones (excluding diaryl/α,β-unsaturated/α-hetero) is 1. The van der Waals surface area contributed by atoms with Crippen molar-refractivity contribution in [2.75, 3.05) is 6.54 Å². The van der Waals surface area contributed by atoms with Gasteiger partial charge >= 0.3 is 0 Å². The van der Waals surface area contributed by atoms with Crippen molar-refractivity contribution >= 4 is 11.7 Å². The molecule has 0 aromatic carbocycles. The molecule has 132 valence electrons. The molecule has 2 aromatic rings. The number of furan rings is 1. The zero-order chi connectivity index (χ0) is 17.6. The topological polar surface area (TPSA) is 89.4 Å². The third kappa shape index (κ3) is 2.67. The van der Waals surface area contributed by atoms with Crippen molar-refractivity contribution in [2.45, 2.75) is 57.9 Å². The monoisotopic (exact) mass is 343 g/mol. The van der Waals surface area contributed by atoms with Gasteiger partial charge in [0.05, 0.1) is 11.1 Å². The summed E-state index contributed by atoms with van der Waals surface area (Å²) in [5.74, 6) is 1.72. The standard InChI is InChI=1S/C18H21N3O4/c1-10(2)16-19-17(25-20-16)12-5-4-8-21(12)18(23)11-9-24-14-7-3-6-13(22)15(11)14/h9-10,12H,3-8H2,1-2H3. The van der Waals surface area contributed by atoms with Gasteiger partial charge in [0.15, 0.2) is 11.6 Å². The molecule has 1 saturated heterocycles. The van der Waals surface area contributed by atoms with Crippen molar-refractivity contribution < 1.29 is 18.5 Å². The lowest BCUT2D eigenvalue weighted by Gasteiger charge is -2.22. The molecular weight excluding hydrogens is 322 g/mol. The molecule has 1 aliphatic carbocycles. The first-order valence-electron chi connectivity index (χ1n) is 8.84. The summed E-state index contributed by atoms with van der Waals surface area (Å²) in [6.45, 7) is 4.60. The lowest BCUT2D eigenvalue weighted by molar-refractivity contribution is 0.0705. The number of hydrogen-bond acceptors (Lipinski definition) is 6. The van der Waals surface area contributed by atoms with E-state index in [4.69, 9.17) is 8.94 Å². The Bertz CT molecular complexity index is 820. The van der Waals surface area contributed by atoms with E-state index in [2.05, 4.69) is 10.1 Å². The third-order valence-electron chi connectivity index (χ3n) is 4.96. The van der Waals surface area contributed by atoms with Crippen molar-refractivity contribution in [3.63, 3.8) is 0 Å². The van der Waals surface area contributed by atoms with Crippen LogP contribution < -0.4 is 0 Å². The molecule has 7 heteroatoms. The second-order valence-corrected chi connectivity index (χ2v) is 7.03. The Labute approximate surface area is 145 Å². The van der Waals surface area contributed by atoms with Gasteiger partial charge in [0.2, 0.25) is 5.89 Å². The van der Waals surface area contributed by atoms with Crippen LogP contribution in [0.3, 0.4) is 0 Å². The quantitative estimate of drug-likeness (QED) is 0.849. The molecule has 1 atom stereocenters. The van der Waals surface area contributed by atoms with E-state index >= 15 is 0 Å². The van der Waals surface area contributed by atoms with Gasteiger partial charge in [0, 0.05) is 25.3 Å². The molecule has 25 heavy (non-hydrogen) atoms. The summed E-state index contributed by atoms with van der Waals surface area (Å²) >= 11 is 0. The van der Waals surface area contributed by atoms with Crippen LogP contribution in [0, 0.1) is 0 Å². The van der Waals surface area contributed by atoms with E-state index in [1.165, 1.54) is 6.26 Å². The number of hydrogen-bond donors (Lipinski definition) is 0. The summed E-state index contributed by atoms with van der Waals surface area (Å²) in [4.78, 5) is 31.5. The lowest BCUT2D eigenvalue weighted by atomic mass is 9.93. The van der Waals surface area contributed by atoms with Crippen molar-refractivity contribution in [2.24, 2.45) is 0 Å². The maximum Gasteiger partial charge on any atom is 0.258 e. The third-order valence-corrected chi connectivity index (χ3v) is 4.96. The van der Waals surface area contributed by atoms with Gasteiger partial charge < -0.3 is 13.8 Å². The van der Waals surface area contributed by atoms with Gasteiger partial charge in [-0.2, -0.15) is 4.98 Å². The number of aromatic nitrogens is 2. The minimum Gasteiger partial charge on any atom is -0.468 e. The normalized spacial score (nSPS) is 20.4. The number of nitrogens with zero attached hydrogens (tertiary/aromatic N) is 3. The second kappa shape index (κ2) is 6.13. The zero-order valence-electron chi connectivity index (χ0n) is 14.4. The predicted octanol–water partition coefficient (Wildman–Crippen LogP) is 3.28. The van der Waals surface area contributed by atoms with E-state index in [9.17, 15) is 9.59 Å². The van der Waals surface area contributed by atoms with E-state index in [1.54, 1.807) is 4.90 Å². The van der Waals surface area contributed by atoms with E-state index in [0.717, 1.165) is 19.3 Å². The van der Waals surface area contributed by atoms with E-state index < -0.39 is 0 Å². The first kappa shape index (κ1) is 16.1. The van der Waals surface area contributed by atoms with Gasteiger partial charge in [0.25, 0.3) is 5.91 Å². The van der Waals surface area contributed by atoms with Crippen LogP contribution in [0.4, 0.5) is 0 Å². The Hall–Kier alpha value is -2.44. The molecule has 1 unspecified atom stereocenters. The number of fused-ring (bicyclic) bond motifs is 1. The maximum atomic E-state index is 13.1. The number of ketones is 1. The molecule has 4 rings (SSSR count). The molecule has 1 fully saturated rings. The first-order valence-corrected chi connectivity index (χ1v) is 8.84. The summed E-state index contributed by atoms with van der Waals surface area (Å²) in [6.07, 6.45) is 5.03. The molecule has 0 bridgehead atoms. The molecule has 1 amide bonds. The smallest absolute Gasteiger partial charge is 0.258 e. The number of carbonyl (C=O) groups excluding carboxylic acids is 2. The number of amides is 1. The van der Waals surface area contributed by atoms with Crippen LogP contribution in [0.5, 0.6) is 0 Å². The largest absolute Gasteiger partial charge is 0.468 e. The highest BCUT2D eigenvalue weighted by atomic mass is 16.5. The molecule has 7 nitrogen and oxygen atoms in total. The molecule has 0 radical (unpaired) electrons. The van der Waals surface area contributed by atoms with Crippen LogP contribution in [0.2, 0.25) is 0 Å². The number of rotatable bonds is 3. The van der Waals surface area contributed by atoms with Crippen molar-refractivity contribution in [1.82, 2.24) is 15.0 Å². The second-order valence-electron chi connectivity index (χ2n) is 7.03. The Morgan fingerprint density at radius 3 is 2.92 bits per heavy atom. The van der Waals surface area contributed by atoms with Crippen LogP contribution in [0.1, 0.15) is 89.7 Å². The number of aryl methyl sites for hydroxylation is 1. The molecule has 0 saturated carbocycles. The van der Waals surface area contributed by atoms with Crippen LogP contribution >= 0.6 is 0 Å². The Kier molecular flexibility index (Phi) is 3.94. The number of carbonyl (C=O) groups is 2. The lowest BCUT2D eigenvalue weighted by Crippen LogP contribution is -2.31.